The van der Waals surface area contributed by atoms with Crippen LogP contribution in [0, 0.1) is 0 Å². The van der Waals surface area contributed by atoms with E-state index >= 15 is 0 Å². The zero-order valence-electron chi connectivity index (χ0n) is 7.85. The minimum Gasteiger partial charge on any atom is -0.508 e. The zero-order valence-corrected chi connectivity index (χ0v) is 9.44. The Kier molecular flexibility index (Phi) is 2.67. The molecule has 1 aliphatic rings. The summed E-state index contributed by atoms with van der Waals surface area (Å²) in [5.41, 5.74) is 0.594. The maximum atomic E-state index is 11.5. The second kappa shape index (κ2) is 3.83. The van der Waals surface area contributed by atoms with Crippen molar-refractivity contribution in [1.82, 2.24) is 0 Å². The lowest BCUT2D eigenvalue weighted by Crippen LogP contribution is -2.25. The van der Waals surface area contributed by atoms with Crippen LogP contribution in [0.3, 0.4) is 0 Å². The molecule has 1 heterocycles. The minimum atomic E-state index is -0.619. The van der Waals surface area contributed by atoms with Gasteiger partial charge in [0.25, 0.3) is 0 Å². The monoisotopic (exact) mass is 271 g/mol. The van der Waals surface area contributed by atoms with Crippen molar-refractivity contribution in [3.8, 4) is 5.75 Å². The first-order chi connectivity index (χ1) is 7.08. The number of rotatable bonds is 1. The van der Waals surface area contributed by atoms with Gasteiger partial charge in [-0.25, -0.2) is 0 Å². The number of aliphatic hydroxyl groups excluding tert-OH is 1. The lowest BCUT2D eigenvalue weighted by molar-refractivity contribution is -0.117. The summed E-state index contributed by atoms with van der Waals surface area (Å²) >= 11 is 3.30. The van der Waals surface area contributed by atoms with Gasteiger partial charge in [-0.05, 0) is 28.1 Å². The standard InChI is InChI=1S/C10H10BrNO3/c11-8-2-1-6(13)3-9(8)12-5-7(14)4-10(12)15/h1-3,7,13-14H,4-5H2. The molecule has 4 nitrogen and oxygen atoms in total. The molecule has 1 aromatic rings. The summed E-state index contributed by atoms with van der Waals surface area (Å²) in [6.07, 6.45) is -0.478. The third kappa shape index (κ3) is 1.98. The fourth-order valence-corrected chi connectivity index (χ4v) is 2.09. The number of aliphatic hydroxyl groups is 1. The first kappa shape index (κ1) is 10.4. The van der Waals surface area contributed by atoms with E-state index in [0.717, 1.165) is 4.47 Å². The average Bonchev–Trinajstić information content (AvgIpc) is 2.50. The molecular formula is C10H10BrNO3. The first-order valence-electron chi connectivity index (χ1n) is 4.55. The minimum absolute atomic E-state index is 0.0994. The highest BCUT2D eigenvalue weighted by Crippen LogP contribution is 2.32. The maximum absolute atomic E-state index is 11.5. The summed E-state index contributed by atoms with van der Waals surface area (Å²) in [6.45, 7) is 0.279. The van der Waals surface area contributed by atoms with E-state index in [1.54, 1.807) is 6.07 Å². The molecule has 1 amide bonds. The van der Waals surface area contributed by atoms with Gasteiger partial charge >= 0.3 is 0 Å². The van der Waals surface area contributed by atoms with Crippen molar-refractivity contribution in [2.75, 3.05) is 11.4 Å². The van der Waals surface area contributed by atoms with Crippen LogP contribution in [-0.4, -0.2) is 28.8 Å². The van der Waals surface area contributed by atoms with Gasteiger partial charge in [0, 0.05) is 10.5 Å². The van der Waals surface area contributed by atoms with Crippen molar-refractivity contribution in [2.24, 2.45) is 0 Å². The smallest absolute Gasteiger partial charge is 0.229 e. The maximum Gasteiger partial charge on any atom is 0.229 e. The van der Waals surface area contributed by atoms with Gasteiger partial charge in [0.1, 0.15) is 5.75 Å². The summed E-state index contributed by atoms with van der Waals surface area (Å²) in [4.78, 5) is 13.0. The number of anilines is 1. The average molecular weight is 272 g/mol. The van der Waals surface area contributed by atoms with Crippen LogP contribution in [0.25, 0.3) is 0 Å². The van der Waals surface area contributed by atoms with E-state index in [4.69, 9.17) is 0 Å². The van der Waals surface area contributed by atoms with E-state index in [2.05, 4.69) is 15.9 Å². The Hall–Kier alpha value is -1.07. The summed E-state index contributed by atoms with van der Waals surface area (Å²) < 4.78 is 0.725. The number of carbonyl (C=O) groups is 1. The van der Waals surface area contributed by atoms with Gasteiger partial charge in [-0.2, -0.15) is 0 Å². The van der Waals surface area contributed by atoms with Gasteiger partial charge in [-0.1, -0.05) is 0 Å². The van der Waals surface area contributed by atoms with E-state index in [0.29, 0.717) is 5.69 Å². The Morgan fingerprint density at radius 2 is 2.20 bits per heavy atom. The number of hydrogen-bond donors (Lipinski definition) is 2. The summed E-state index contributed by atoms with van der Waals surface area (Å²) in [7, 11) is 0. The molecule has 0 radical (unpaired) electrons. The summed E-state index contributed by atoms with van der Waals surface area (Å²) in [6, 6.07) is 4.70. The SMILES string of the molecule is O=C1CC(O)CN1c1cc(O)ccc1Br. The zero-order chi connectivity index (χ0) is 11.0. The van der Waals surface area contributed by atoms with E-state index in [9.17, 15) is 15.0 Å². The van der Waals surface area contributed by atoms with Crippen molar-refractivity contribution in [1.29, 1.82) is 0 Å². The van der Waals surface area contributed by atoms with E-state index in [1.165, 1.54) is 17.0 Å². The van der Waals surface area contributed by atoms with Crippen LogP contribution >= 0.6 is 15.9 Å². The Morgan fingerprint density at radius 1 is 1.47 bits per heavy atom. The van der Waals surface area contributed by atoms with Crippen LogP contribution in [0.5, 0.6) is 5.75 Å². The third-order valence-electron chi connectivity index (χ3n) is 2.33. The number of β-amino-alcohol motifs (C(OH)–C–C–N with tert-alkyl or cyclic N) is 1. The molecule has 15 heavy (non-hydrogen) atoms. The van der Waals surface area contributed by atoms with Gasteiger partial charge in [-0.15, -0.1) is 0 Å². The molecule has 1 fully saturated rings. The predicted molar refractivity (Wildman–Crippen MR) is 58.8 cm³/mol. The Morgan fingerprint density at radius 3 is 2.80 bits per heavy atom. The Balaban J connectivity index is 2.37. The molecule has 0 bridgehead atoms. The van der Waals surface area contributed by atoms with Gasteiger partial charge in [0.05, 0.1) is 24.8 Å². The summed E-state index contributed by atoms with van der Waals surface area (Å²) in [5, 5.41) is 18.7. The van der Waals surface area contributed by atoms with Gasteiger partial charge in [0.2, 0.25) is 5.91 Å². The fourth-order valence-electron chi connectivity index (χ4n) is 1.63. The van der Waals surface area contributed by atoms with E-state index in [1.807, 2.05) is 0 Å². The summed E-state index contributed by atoms with van der Waals surface area (Å²) in [5.74, 6) is -0.0313. The van der Waals surface area contributed by atoms with Crippen molar-refractivity contribution >= 4 is 27.5 Å². The molecule has 1 aromatic carbocycles. The number of aromatic hydroxyl groups is 1. The quantitative estimate of drug-likeness (QED) is 0.808. The molecule has 0 aliphatic carbocycles. The number of phenols is 1. The number of nitrogens with zero attached hydrogens (tertiary/aromatic N) is 1. The number of hydrogen-bond acceptors (Lipinski definition) is 3. The number of halogens is 1. The Bertz CT molecular complexity index is 408. The molecule has 2 rings (SSSR count). The molecule has 1 aliphatic heterocycles. The highest BCUT2D eigenvalue weighted by molar-refractivity contribution is 9.10. The number of carbonyl (C=O) groups excluding carboxylic acids is 1. The second-order valence-corrected chi connectivity index (χ2v) is 4.35. The molecule has 0 spiro atoms. The normalized spacial score (nSPS) is 21.1. The molecule has 1 saturated heterocycles. The molecule has 2 N–H and O–H groups in total. The molecule has 0 saturated carbocycles. The van der Waals surface area contributed by atoms with Crippen molar-refractivity contribution in [2.45, 2.75) is 12.5 Å². The van der Waals surface area contributed by atoms with Crippen LogP contribution in [0.1, 0.15) is 6.42 Å². The molecule has 5 heteroatoms. The van der Waals surface area contributed by atoms with Crippen LogP contribution in [0.4, 0.5) is 5.69 Å². The largest absolute Gasteiger partial charge is 0.508 e. The van der Waals surface area contributed by atoms with Crippen LogP contribution in [0.15, 0.2) is 22.7 Å². The first-order valence-corrected chi connectivity index (χ1v) is 5.34. The second-order valence-electron chi connectivity index (χ2n) is 3.50. The number of benzene rings is 1. The number of phenolic OH excluding ortho intramolecular Hbond substituents is 1. The number of amides is 1. The van der Waals surface area contributed by atoms with E-state index in [-0.39, 0.29) is 24.6 Å². The van der Waals surface area contributed by atoms with Crippen LogP contribution < -0.4 is 4.90 Å². The van der Waals surface area contributed by atoms with Crippen molar-refractivity contribution < 1.29 is 15.0 Å². The lowest BCUT2D eigenvalue weighted by atomic mass is 10.3. The molecular weight excluding hydrogens is 262 g/mol. The molecule has 0 aromatic heterocycles. The molecule has 1 unspecified atom stereocenters. The van der Waals surface area contributed by atoms with Crippen molar-refractivity contribution in [3.05, 3.63) is 22.7 Å². The van der Waals surface area contributed by atoms with Crippen LogP contribution in [-0.2, 0) is 4.79 Å². The van der Waals surface area contributed by atoms with E-state index < -0.39 is 6.10 Å². The Labute approximate surface area is 95.3 Å². The predicted octanol–water partition coefficient (Wildman–Crippen LogP) is 1.25. The molecule has 1 atom stereocenters. The lowest BCUT2D eigenvalue weighted by Gasteiger charge is -2.17. The molecule has 80 valence electrons. The van der Waals surface area contributed by atoms with Crippen molar-refractivity contribution in [3.63, 3.8) is 0 Å². The third-order valence-corrected chi connectivity index (χ3v) is 3.00. The highest BCUT2D eigenvalue weighted by Gasteiger charge is 2.30. The van der Waals surface area contributed by atoms with Gasteiger partial charge in [0.15, 0.2) is 0 Å². The topological polar surface area (TPSA) is 60.8 Å². The highest BCUT2D eigenvalue weighted by atomic mass is 79.9. The van der Waals surface area contributed by atoms with Gasteiger partial charge in [-0.3, -0.25) is 4.79 Å². The van der Waals surface area contributed by atoms with Crippen LogP contribution in [0.2, 0.25) is 0 Å². The fraction of sp³-hybridized carbons (Fsp3) is 0.300. The van der Waals surface area contributed by atoms with Gasteiger partial charge < -0.3 is 15.1 Å².